The maximum atomic E-state index is 6.41. The van der Waals surface area contributed by atoms with Crippen LogP contribution < -0.4 is 4.74 Å². The van der Waals surface area contributed by atoms with Crippen LogP contribution in [0.2, 0.25) is 0 Å². The fraction of sp³-hybridized carbons (Fsp3) is 0.172. The van der Waals surface area contributed by atoms with E-state index >= 15 is 0 Å². The van der Waals surface area contributed by atoms with Gasteiger partial charge in [0.1, 0.15) is 11.5 Å². The first kappa shape index (κ1) is 17.5. The van der Waals surface area contributed by atoms with E-state index in [0.717, 1.165) is 11.5 Å². The number of fused-ring (bicyclic) bond motifs is 8. The van der Waals surface area contributed by atoms with Crippen molar-refractivity contribution in [1.82, 2.24) is 0 Å². The first-order valence-corrected chi connectivity index (χ1v) is 10.6. The second-order valence-corrected chi connectivity index (χ2v) is 9.06. The number of aryl methyl sites for hydroxylation is 1. The van der Waals surface area contributed by atoms with Crippen LogP contribution in [0.1, 0.15) is 52.8 Å². The molecule has 4 aromatic carbocycles. The van der Waals surface area contributed by atoms with E-state index in [4.69, 9.17) is 4.74 Å². The van der Waals surface area contributed by atoms with Crippen molar-refractivity contribution < 1.29 is 4.74 Å². The zero-order valence-electron chi connectivity index (χ0n) is 17.6. The lowest BCUT2D eigenvalue weighted by molar-refractivity contribution is 0.425. The van der Waals surface area contributed by atoms with Gasteiger partial charge in [-0.05, 0) is 41.3 Å². The van der Waals surface area contributed by atoms with Gasteiger partial charge in [-0.3, -0.25) is 0 Å². The normalized spacial score (nSPS) is 16.6. The highest BCUT2D eigenvalue weighted by Gasteiger charge is 2.52. The summed E-state index contributed by atoms with van der Waals surface area (Å²) in [5, 5.41) is 0. The van der Waals surface area contributed by atoms with Crippen molar-refractivity contribution in [2.45, 2.75) is 31.6 Å². The van der Waals surface area contributed by atoms with E-state index in [0.29, 0.717) is 0 Å². The molecule has 4 aromatic rings. The van der Waals surface area contributed by atoms with Gasteiger partial charge in [-0.1, -0.05) is 98.3 Å². The molecule has 0 N–H and O–H groups in total. The highest BCUT2D eigenvalue weighted by atomic mass is 16.5. The van der Waals surface area contributed by atoms with Gasteiger partial charge in [0.25, 0.3) is 0 Å². The van der Waals surface area contributed by atoms with Crippen LogP contribution in [0, 0.1) is 6.92 Å². The molecule has 1 heterocycles. The molecular formula is C29H24O. The summed E-state index contributed by atoms with van der Waals surface area (Å²) in [6, 6.07) is 33.0. The van der Waals surface area contributed by atoms with Gasteiger partial charge in [-0.25, -0.2) is 0 Å². The molecule has 2 aliphatic rings. The maximum absolute atomic E-state index is 6.41. The van der Waals surface area contributed by atoms with E-state index in [1.807, 2.05) is 0 Å². The van der Waals surface area contributed by atoms with Gasteiger partial charge in [0.05, 0.1) is 5.41 Å². The summed E-state index contributed by atoms with van der Waals surface area (Å²) in [5.41, 5.74) is 8.77. The van der Waals surface area contributed by atoms with Gasteiger partial charge in [-0.2, -0.15) is 0 Å². The van der Waals surface area contributed by atoms with Crippen LogP contribution in [0.4, 0.5) is 0 Å². The van der Waals surface area contributed by atoms with Crippen molar-refractivity contribution in [3.63, 3.8) is 0 Å². The van der Waals surface area contributed by atoms with E-state index < -0.39 is 0 Å². The summed E-state index contributed by atoms with van der Waals surface area (Å²) in [5.74, 6) is 1.88. The molecule has 0 saturated heterocycles. The molecule has 0 amide bonds. The largest absolute Gasteiger partial charge is 0.457 e. The molecule has 0 saturated carbocycles. The Hall–Kier alpha value is -3.32. The summed E-state index contributed by atoms with van der Waals surface area (Å²) in [6.07, 6.45) is 0. The summed E-state index contributed by atoms with van der Waals surface area (Å²) >= 11 is 0. The first-order valence-electron chi connectivity index (χ1n) is 10.6. The summed E-state index contributed by atoms with van der Waals surface area (Å²) in [4.78, 5) is 0. The van der Waals surface area contributed by atoms with E-state index in [2.05, 4.69) is 112 Å². The summed E-state index contributed by atoms with van der Waals surface area (Å²) in [6.45, 7) is 6.90. The molecule has 0 fully saturated rings. The molecule has 1 aliphatic heterocycles. The molecule has 1 nitrogen and oxygen atoms in total. The second kappa shape index (κ2) is 5.86. The van der Waals surface area contributed by atoms with Crippen LogP contribution in [0.15, 0.2) is 91.0 Å². The summed E-state index contributed by atoms with van der Waals surface area (Å²) in [7, 11) is 0. The standard InChI is InChI=1S/C29H24O/c1-19-16-17-22-25(18-19)28(2,3)20-10-4-5-11-21(20)29(22)23-12-6-8-14-26(23)30-27-15-9-7-13-24(27)29/h4-18H,1-3H3. The van der Waals surface area contributed by atoms with Crippen LogP contribution >= 0.6 is 0 Å². The van der Waals surface area contributed by atoms with E-state index in [9.17, 15) is 0 Å². The summed E-state index contributed by atoms with van der Waals surface area (Å²) < 4.78 is 6.41. The molecule has 1 spiro atoms. The van der Waals surface area contributed by atoms with Gasteiger partial charge in [0.15, 0.2) is 0 Å². The Kier molecular flexibility index (Phi) is 3.42. The SMILES string of the molecule is Cc1ccc2c(c1)C(C)(C)c1ccccc1C21c2ccccc2Oc2ccccc21. The van der Waals surface area contributed by atoms with Crippen molar-refractivity contribution in [2.75, 3.05) is 0 Å². The van der Waals surface area contributed by atoms with Gasteiger partial charge >= 0.3 is 0 Å². The number of ether oxygens (including phenoxy) is 1. The minimum Gasteiger partial charge on any atom is -0.457 e. The maximum Gasteiger partial charge on any atom is 0.132 e. The number of benzene rings is 4. The highest BCUT2D eigenvalue weighted by Crippen LogP contribution is 2.61. The third-order valence-electron chi connectivity index (χ3n) is 7.06. The first-order chi connectivity index (χ1) is 14.5. The van der Waals surface area contributed by atoms with Crippen LogP contribution in [0.5, 0.6) is 11.5 Å². The number of hydrogen-bond donors (Lipinski definition) is 0. The van der Waals surface area contributed by atoms with E-state index in [1.54, 1.807) is 0 Å². The van der Waals surface area contributed by atoms with Gasteiger partial charge in [0, 0.05) is 16.5 Å². The Labute approximate surface area is 178 Å². The van der Waals surface area contributed by atoms with Crippen molar-refractivity contribution >= 4 is 0 Å². The predicted octanol–water partition coefficient (Wildman–Crippen LogP) is 7.12. The Bertz CT molecular complexity index is 1270. The molecule has 146 valence electrons. The van der Waals surface area contributed by atoms with E-state index in [1.165, 1.54) is 38.9 Å². The molecule has 0 radical (unpaired) electrons. The quantitative estimate of drug-likeness (QED) is 0.274. The average molecular weight is 389 g/mol. The highest BCUT2D eigenvalue weighted by molar-refractivity contribution is 5.75. The minimum absolute atomic E-state index is 0.0780. The Morgan fingerprint density at radius 3 is 1.67 bits per heavy atom. The van der Waals surface area contributed by atoms with Crippen LogP contribution in [-0.2, 0) is 10.8 Å². The third-order valence-corrected chi connectivity index (χ3v) is 7.06. The van der Waals surface area contributed by atoms with Gasteiger partial charge < -0.3 is 4.74 Å². The third kappa shape index (κ3) is 2.02. The van der Waals surface area contributed by atoms with Crippen LogP contribution in [0.25, 0.3) is 0 Å². The Morgan fingerprint density at radius 2 is 1.03 bits per heavy atom. The Balaban J connectivity index is 1.88. The average Bonchev–Trinajstić information content (AvgIpc) is 2.77. The van der Waals surface area contributed by atoms with Gasteiger partial charge in [0.2, 0.25) is 0 Å². The lowest BCUT2D eigenvalue weighted by atomic mass is 9.53. The van der Waals surface area contributed by atoms with Gasteiger partial charge in [-0.15, -0.1) is 0 Å². The second-order valence-electron chi connectivity index (χ2n) is 9.06. The van der Waals surface area contributed by atoms with Crippen molar-refractivity contribution in [3.05, 3.63) is 130 Å². The lowest BCUT2D eigenvalue weighted by Gasteiger charge is -2.50. The van der Waals surface area contributed by atoms with Crippen LogP contribution in [-0.4, -0.2) is 0 Å². The molecule has 0 unspecified atom stereocenters. The molecule has 1 heteroatoms. The zero-order valence-corrected chi connectivity index (χ0v) is 17.6. The number of hydrogen-bond acceptors (Lipinski definition) is 1. The number of rotatable bonds is 0. The fourth-order valence-corrected chi connectivity index (χ4v) is 5.72. The zero-order chi connectivity index (χ0) is 20.5. The van der Waals surface area contributed by atoms with Crippen LogP contribution in [0.3, 0.4) is 0 Å². The van der Waals surface area contributed by atoms with Crippen molar-refractivity contribution in [3.8, 4) is 11.5 Å². The predicted molar refractivity (Wildman–Crippen MR) is 122 cm³/mol. The minimum atomic E-state index is -0.388. The molecule has 0 aromatic heterocycles. The van der Waals surface area contributed by atoms with E-state index in [-0.39, 0.29) is 10.8 Å². The molecule has 6 rings (SSSR count). The fourth-order valence-electron chi connectivity index (χ4n) is 5.72. The lowest BCUT2D eigenvalue weighted by Crippen LogP contribution is -2.43. The Morgan fingerprint density at radius 1 is 0.533 bits per heavy atom. The molecular weight excluding hydrogens is 364 g/mol. The molecule has 0 atom stereocenters. The topological polar surface area (TPSA) is 9.23 Å². The molecule has 30 heavy (non-hydrogen) atoms. The smallest absolute Gasteiger partial charge is 0.132 e. The number of para-hydroxylation sites is 2. The van der Waals surface area contributed by atoms with Crippen molar-refractivity contribution in [1.29, 1.82) is 0 Å². The molecule has 0 bridgehead atoms. The van der Waals surface area contributed by atoms with Crippen molar-refractivity contribution in [2.24, 2.45) is 0 Å². The monoisotopic (exact) mass is 388 g/mol. The molecule has 1 aliphatic carbocycles.